The van der Waals surface area contributed by atoms with Crippen LogP contribution in [0.1, 0.15) is 33.9 Å². The molecule has 0 bridgehead atoms. The second kappa shape index (κ2) is 5.77. The standard InChI is InChI=1S/C17H20ClN/c1-11-5-7-14(9-13(11)3)17(19-4)16-10-15(18)8-6-12(16)2/h5-10,17,19H,1-4H3. The molecule has 1 nitrogen and oxygen atoms in total. The molecule has 0 radical (unpaired) electrons. The minimum absolute atomic E-state index is 0.179. The van der Waals surface area contributed by atoms with E-state index in [1.54, 1.807) is 0 Å². The van der Waals surface area contributed by atoms with Crippen molar-refractivity contribution >= 4 is 11.6 Å². The first-order valence-corrected chi connectivity index (χ1v) is 6.91. The first-order valence-electron chi connectivity index (χ1n) is 6.53. The van der Waals surface area contributed by atoms with Crippen molar-refractivity contribution in [3.8, 4) is 0 Å². The molecule has 2 aromatic rings. The van der Waals surface area contributed by atoms with E-state index in [1.807, 2.05) is 19.2 Å². The fourth-order valence-corrected chi connectivity index (χ4v) is 2.55. The highest BCUT2D eigenvalue weighted by Gasteiger charge is 2.15. The second-order valence-corrected chi connectivity index (χ2v) is 5.50. The zero-order valence-corrected chi connectivity index (χ0v) is 12.7. The fourth-order valence-electron chi connectivity index (χ4n) is 2.37. The molecule has 0 aliphatic heterocycles. The Kier molecular flexibility index (Phi) is 4.28. The molecule has 0 amide bonds. The zero-order valence-electron chi connectivity index (χ0n) is 11.9. The molecule has 1 unspecified atom stereocenters. The second-order valence-electron chi connectivity index (χ2n) is 5.07. The van der Waals surface area contributed by atoms with Crippen LogP contribution in [0.15, 0.2) is 36.4 Å². The molecule has 0 aliphatic rings. The van der Waals surface area contributed by atoms with Crippen molar-refractivity contribution in [2.45, 2.75) is 26.8 Å². The maximum Gasteiger partial charge on any atom is 0.0577 e. The minimum Gasteiger partial charge on any atom is -0.309 e. The molecule has 2 aromatic carbocycles. The maximum atomic E-state index is 6.13. The number of halogens is 1. The van der Waals surface area contributed by atoms with Crippen molar-refractivity contribution in [3.05, 3.63) is 69.2 Å². The van der Waals surface area contributed by atoms with Gasteiger partial charge in [0.1, 0.15) is 0 Å². The van der Waals surface area contributed by atoms with E-state index in [2.05, 4.69) is 50.4 Å². The Hall–Kier alpha value is -1.31. The van der Waals surface area contributed by atoms with Crippen molar-refractivity contribution in [3.63, 3.8) is 0 Å². The Morgan fingerprint density at radius 1 is 0.895 bits per heavy atom. The van der Waals surface area contributed by atoms with Gasteiger partial charge >= 0.3 is 0 Å². The quantitative estimate of drug-likeness (QED) is 0.863. The van der Waals surface area contributed by atoms with Crippen LogP contribution < -0.4 is 5.32 Å². The van der Waals surface area contributed by atoms with Gasteiger partial charge in [0.15, 0.2) is 0 Å². The van der Waals surface area contributed by atoms with Crippen LogP contribution in [0, 0.1) is 20.8 Å². The molecular weight excluding hydrogens is 254 g/mol. The van der Waals surface area contributed by atoms with Gasteiger partial charge < -0.3 is 5.32 Å². The topological polar surface area (TPSA) is 12.0 Å². The molecule has 0 aromatic heterocycles. The molecule has 2 rings (SSSR count). The summed E-state index contributed by atoms with van der Waals surface area (Å²) in [6, 6.07) is 12.8. The van der Waals surface area contributed by atoms with Crippen LogP contribution in [0.5, 0.6) is 0 Å². The van der Waals surface area contributed by atoms with E-state index in [0.29, 0.717) is 0 Å². The predicted octanol–water partition coefficient (Wildman–Crippen LogP) is 4.57. The van der Waals surface area contributed by atoms with Gasteiger partial charge in [-0.1, -0.05) is 35.9 Å². The summed E-state index contributed by atoms with van der Waals surface area (Å²) in [5.74, 6) is 0. The third-order valence-corrected chi connectivity index (χ3v) is 3.94. The van der Waals surface area contributed by atoms with Crippen LogP contribution in [0.3, 0.4) is 0 Å². The molecule has 2 heteroatoms. The number of rotatable bonds is 3. The third-order valence-electron chi connectivity index (χ3n) is 3.71. The average Bonchev–Trinajstić information content (AvgIpc) is 2.38. The van der Waals surface area contributed by atoms with Gasteiger partial charge in [0.05, 0.1) is 6.04 Å². The van der Waals surface area contributed by atoms with E-state index < -0.39 is 0 Å². The number of benzene rings is 2. The van der Waals surface area contributed by atoms with E-state index >= 15 is 0 Å². The molecule has 0 fully saturated rings. The highest BCUT2D eigenvalue weighted by Crippen LogP contribution is 2.28. The smallest absolute Gasteiger partial charge is 0.0577 e. The Bertz CT molecular complexity index is 590. The first kappa shape index (κ1) is 14.1. The van der Waals surface area contributed by atoms with Gasteiger partial charge in [-0.25, -0.2) is 0 Å². The maximum absolute atomic E-state index is 6.13. The van der Waals surface area contributed by atoms with Crippen LogP contribution >= 0.6 is 11.6 Å². The Labute approximate surface area is 120 Å². The van der Waals surface area contributed by atoms with E-state index in [-0.39, 0.29) is 6.04 Å². The fraction of sp³-hybridized carbons (Fsp3) is 0.294. The Morgan fingerprint density at radius 3 is 2.21 bits per heavy atom. The summed E-state index contributed by atoms with van der Waals surface area (Å²) in [6.45, 7) is 6.41. The third kappa shape index (κ3) is 2.99. The van der Waals surface area contributed by atoms with E-state index in [4.69, 9.17) is 11.6 Å². The summed E-state index contributed by atoms with van der Waals surface area (Å²) in [7, 11) is 1.99. The van der Waals surface area contributed by atoms with Crippen molar-refractivity contribution in [1.29, 1.82) is 0 Å². The van der Waals surface area contributed by atoms with E-state index in [1.165, 1.54) is 27.8 Å². The molecule has 0 aliphatic carbocycles. The van der Waals surface area contributed by atoms with Gasteiger partial charge in [0.25, 0.3) is 0 Å². The summed E-state index contributed by atoms with van der Waals surface area (Å²) < 4.78 is 0. The summed E-state index contributed by atoms with van der Waals surface area (Å²) in [5, 5.41) is 4.17. The number of hydrogen-bond acceptors (Lipinski definition) is 1. The number of hydrogen-bond donors (Lipinski definition) is 1. The molecular formula is C17H20ClN. The van der Waals surface area contributed by atoms with Gasteiger partial charge in [-0.2, -0.15) is 0 Å². The lowest BCUT2D eigenvalue weighted by atomic mass is 9.93. The van der Waals surface area contributed by atoms with Gasteiger partial charge in [-0.15, -0.1) is 0 Å². The van der Waals surface area contributed by atoms with Crippen LogP contribution in [-0.4, -0.2) is 7.05 Å². The molecule has 0 heterocycles. The van der Waals surface area contributed by atoms with Crippen LogP contribution in [-0.2, 0) is 0 Å². The molecule has 1 atom stereocenters. The summed E-state index contributed by atoms with van der Waals surface area (Å²) in [4.78, 5) is 0. The van der Waals surface area contributed by atoms with Crippen LogP contribution in [0.25, 0.3) is 0 Å². The first-order chi connectivity index (χ1) is 9.02. The van der Waals surface area contributed by atoms with Gasteiger partial charge in [-0.05, 0) is 67.8 Å². The lowest BCUT2D eigenvalue weighted by Gasteiger charge is -2.20. The number of aryl methyl sites for hydroxylation is 3. The van der Waals surface area contributed by atoms with Gasteiger partial charge in [-0.3, -0.25) is 0 Å². The van der Waals surface area contributed by atoms with Crippen LogP contribution in [0.4, 0.5) is 0 Å². The molecule has 0 saturated heterocycles. The predicted molar refractivity (Wildman–Crippen MR) is 83.0 cm³/mol. The highest BCUT2D eigenvalue weighted by atomic mass is 35.5. The van der Waals surface area contributed by atoms with Crippen molar-refractivity contribution < 1.29 is 0 Å². The molecule has 0 spiro atoms. The summed E-state index contributed by atoms with van der Waals surface area (Å²) in [5.41, 5.74) is 6.40. The molecule has 100 valence electrons. The zero-order chi connectivity index (χ0) is 14.0. The normalized spacial score (nSPS) is 12.5. The monoisotopic (exact) mass is 273 g/mol. The Balaban J connectivity index is 2.49. The minimum atomic E-state index is 0.179. The Morgan fingerprint density at radius 2 is 1.58 bits per heavy atom. The van der Waals surface area contributed by atoms with Gasteiger partial charge in [0.2, 0.25) is 0 Å². The SMILES string of the molecule is CNC(c1ccc(C)c(C)c1)c1cc(Cl)ccc1C. The van der Waals surface area contributed by atoms with Crippen LogP contribution in [0.2, 0.25) is 5.02 Å². The van der Waals surface area contributed by atoms with Crippen molar-refractivity contribution in [2.24, 2.45) is 0 Å². The average molecular weight is 274 g/mol. The number of nitrogens with one attached hydrogen (secondary N) is 1. The lowest BCUT2D eigenvalue weighted by molar-refractivity contribution is 0.687. The van der Waals surface area contributed by atoms with E-state index in [0.717, 1.165) is 5.02 Å². The van der Waals surface area contributed by atoms with Crippen molar-refractivity contribution in [2.75, 3.05) is 7.05 Å². The summed E-state index contributed by atoms with van der Waals surface area (Å²) >= 11 is 6.13. The lowest BCUT2D eigenvalue weighted by Crippen LogP contribution is -2.18. The highest BCUT2D eigenvalue weighted by molar-refractivity contribution is 6.30. The van der Waals surface area contributed by atoms with E-state index in [9.17, 15) is 0 Å². The summed E-state index contributed by atoms with van der Waals surface area (Å²) in [6.07, 6.45) is 0. The van der Waals surface area contributed by atoms with Gasteiger partial charge in [0, 0.05) is 5.02 Å². The largest absolute Gasteiger partial charge is 0.309 e. The molecule has 1 N–H and O–H groups in total. The van der Waals surface area contributed by atoms with Crippen molar-refractivity contribution in [1.82, 2.24) is 5.32 Å². The molecule has 19 heavy (non-hydrogen) atoms. The molecule has 0 saturated carbocycles.